The summed E-state index contributed by atoms with van der Waals surface area (Å²) in [5.74, 6) is -0.261. The number of hydrogen-bond acceptors (Lipinski definition) is 2. The van der Waals surface area contributed by atoms with Crippen molar-refractivity contribution in [2.45, 2.75) is 20.3 Å². The molecule has 0 radical (unpaired) electrons. The first-order valence-electron chi connectivity index (χ1n) is 2.96. The van der Waals surface area contributed by atoms with Crippen LogP contribution in [0.25, 0.3) is 0 Å². The van der Waals surface area contributed by atoms with E-state index in [1.807, 2.05) is 6.92 Å². The molecular formula is C6H11NO2. The first kappa shape index (κ1) is 8.14. The summed E-state index contributed by atoms with van der Waals surface area (Å²) in [6.45, 7) is 3.67. The van der Waals surface area contributed by atoms with Crippen LogP contribution in [0.5, 0.6) is 0 Å². The Bertz CT molecular complexity index is 112. The molecule has 0 aliphatic rings. The minimum absolute atomic E-state index is 0.0600. The van der Waals surface area contributed by atoms with E-state index in [0.717, 1.165) is 6.42 Å². The molecule has 0 spiro atoms. The van der Waals surface area contributed by atoms with E-state index in [0.29, 0.717) is 6.41 Å². The number of amides is 2. The van der Waals surface area contributed by atoms with Gasteiger partial charge in [-0.2, -0.15) is 0 Å². The van der Waals surface area contributed by atoms with Gasteiger partial charge in [0.1, 0.15) is 0 Å². The van der Waals surface area contributed by atoms with Crippen molar-refractivity contribution >= 4 is 12.3 Å². The summed E-state index contributed by atoms with van der Waals surface area (Å²) in [6.07, 6.45) is 1.17. The molecule has 0 fully saturated rings. The van der Waals surface area contributed by atoms with Gasteiger partial charge in [-0.3, -0.25) is 14.9 Å². The standard InChI is InChI=1S/C6H11NO2/c1-3-5(2)6(9)7-4-8/h4-5H,3H2,1-2H3,(H,7,8,9). The van der Waals surface area contributed by atoms with Gasteiger partial charge in [-0.05, 0) is 6.42 Å². The Balaban J connectivity index is 3.58. The summed E-state index contributed by atoms with van der Waals surface area (Å²) in [5.41, 5.74) is 0. The number of rotatable bonds is 3. The lowest BCUT2D eigenvalue weighted by atomic mass is 10.1. The maximum absolute atomic E-state index is 10.6. The van der Waals surface area contributed by atoms with E-state index in [1.54, 1.807) is 6.92 Å². The molecule has 3 nitrogen and oxygen atoms in total. The highest BCUT2D eigenvalue weighted by Crippen LogP contribution is 1.97. The number of hydrogen-bond donors (Lipinski definition) is 1. The average molecular weight is 129 g/mol. The van der Waals surface area contributed by atoms with E-state index in [2.05, 4.69) is 5.32 Å². The van der Waals surface area contributed by atoms with E-state index < -0.39 is 0 Å². The van der Waals surface area contributed by atoms with E-state index in [-0.39, 0.29) is 11.8 Å². The zero-order valence-electron chi connectivity index (χ0n) is 5.68. The minimum atomic E-state index is -0.201. The van der Waals surface area contributed by atoms with E-state index in [9.17, 15) is 9.59 Å². The predicted molar refractivity (Wildman–Crippen MR) is 33.7 cm³/mol. The van der Waals surface area contributed by atoms with Gasteiger partial charge in [0.2, 0.25) is 12.3 Å². The summed E-state index contributed by atoms with van der Waals surface area (Å²) >= 11 is 0. The molecule has 0 aliphatic carbocycles. The number of imide groups is 1. The van der Waals surface area contributed by atoms with Crippen molar-refractivity contribution in [1.29, 1.82) is 0 Å². The SMILES string of the molecule is CCC(C)C(=O)NC=O. The van der Waals surface area contributed by atoms with E-state index in [1.165, 1.54) is 0 Å². The van der Waals surface area contributed by atoms with Gasteiger partial charge < -0.3 is 0 Å². The molecule has 1 N–H and O–H groups in total. The highest BCUT2D eigenvalue weighted by atomic mass is 16.2. The van der Waals surface area contributed by atoms with Crippen LogP contribution in [0.3, 0.4) is 0 Å². The molecule has 0 heterocycles. The van der Waals surface area contributed by atoms with Crippen LogP contribution in [0.1, 0.15) is 20.3 Å². The fraction of sp³-hybridized carbons (Fsp3) is 0.667. The molecular weight excluding hydrogens is 118 g/mol. The van der Waals surface area contributed by atoms with Crippen LogP contribution in [-0.2, 0) is 9.59 Å². The second-order valence-electron chi connectivity index (χ2n) is 1.94. The molecule has 3 heteroatoms. The third-order valence-electron chi connectivity index (χ3n) is 1.26. The van der Waals surface area contributed by atoms with Crippen molar-refractivity contribution < 1.29 is 9.59 Å². The monoisotopic (exact) mass is 129 g/mol. The van der Waals surface area contributed by atoms with Crippen LogP contribution in [0, 0.1) is 5.92 Å². The predicted octanol–water partition coefficient (Wildman–Crippen LogP) is 0.305. The molecule has 9 heavy (non-hydrogen) atoms. The van der Waals surface area contributed by atoms with Crippen LogP contribution in [0.15, 0.2) is 0 Å². The molecule has 0 saturated heterocycles. The lowest BCUT2D eigenvalue weighted by Gasteiger charge is -2.02. The van der Waals surface area contributed by atoms with Crippen LogP contribution < -0.4 is 5.32 Å². The summed E-state index contributed by atoms with van der Waals surface area (Å²) in [4.78, 5) is 20.3. The summed E-state index contributed by atoms with van der Waals surface area (Å²) < 4.78 is 0. The largest absolute Gasteiger partial charge is 0.299 e. The van der Waals surface area contributed by atoms with E-state index >= 15 is 0 Å². The Labute approximate surface area is 54.4 Å². The Morgan fingerprint density at radius 2 is 2.33 bits per heavy atom. The Morgan fingerprint density at radius 3 is 2.67 bits per heavy atom. The third kappa shape index (κ3) is 2.85. The van der Waals surface area contributed by atoms with Gasteiger partial charge in [-0.1, -0.05) is 13.8 Å². The van der Waals surface area contributed by atoms with Crippen molar-refractivity contribution in [3.8, 4) is 0 Å². The van der Waals surface area contributed by atoms with Crippen LogP contribution in [-0.4, -0.2) is 12.3 Å². The molecule has 0 aromatic rings. The molecule has 0 bridgehead atoms. The quantitative estimate of drug-likeness (QED) is 0.557. The lowest BCUT2D eigenvalue weighted by molar-refractivity contribution is -0.128. The molecule has 0 rings (SSSR count). The van der Waals surface area contributed by atoms with Gasteiger partial charge in [0.25, 0.3) is 0 Å². The van der Waals surface area contributed by atoms with Crippen LogP contribution in [0.4, 0.5) is 0 Å². The Hall–Kier alpha value is -0.860. The molecule has 1 atom stereocenters. The van der Waals surface area contributed by atoms with Gasteiger partial charge in [-0.25, -0.2) is 0 Å². The zero-order chi connectivity index (χ0) is 7.28. The highest BCUT2D eigenvalue weighted by Gasteiger charge is 2.07. The molecule has 0 aromatic heterocycles. The molecule has 1 unspecified atom stereocenters. The van der Waals surface area contributed by atoms with E-state index in [4.69, 9.17) is 0 Å². The lowest BCUT2D eigenvalue weighted by Crippen LogP contribution is -2.27. The fourth-order valence-corrected chi connectivity index (χ4v) is 0.386. The molecule has 0 aromatic carbocycles. The maximum Gasteiger partial charge on any atom is 0.229 e. The van der Waals surface area contributed by atoms with Crippen molar-refractivity contribution in [2.75, 3.05) is 0 Å². The van der Waals surface area contributed by atoms with Gasteiger partial charge in [0.15, 0.2) is 0 Å². The molecule has 0 saturated carbocycles. The summed E-state index contributed by atoms with van der Waals surface area (Å²) in [5, 5.41) is 2.08. The maximum atomic E-state index is 10.6. The zero-order valence-corrected chi connectivity index (χ0v) is 5.68. The van der Waals surface area contributed by atoms with Crippen molar-refractivity contribution in [3.05, 3.63) is 0 Å². The Morgan fingerprint density at radius 1 is 1.78 bits per heavy atom. The fourth-order valence-electron chi connectivity index (χ4n) is 0.386. The molecule has 2 amide bonds. The van der Waals surface area contributed by atoms with Crippen molar-refractivity contribution in [3.63, 3.8) is 0 Å². The van der Waals surface area contributed by atoms with Gasteiger partial charge in [0.05, 0.1) is 0 Å². The second-order valence-corrected chi connectivity index (χ2v) is 1.94. The molecule has 52 valence electrons. The minimum Gasteiger partial charge on any atom is -0.299 e. The second kappa shape index (κ2) is 4.06. The first-order valence-corrected chi connectivity index (χ1v) is 2.96. The average Bonchev–Trinajstić information content (AvgIpc) is 1.87. The number of carbonyl (C=O) groups is 2. The molecule has 0 aliphatic heterocycles. The normalized spacial score (nSPS) is 12.2. The Kier molecular flexibility index (Phi) is 3.67. The summed E-state index contributed by atoms with van der Waals surface area (Å²) in [6, 6.07) is 0. The summed E-state index contributed by atoms with van der Waals surface area (Å²) in [7, 11) is 0. The van der Waals surface area contributed by atoms with Gasteiger partial charge in [0, 0.05) is 5.92 Å². The number of carbonyl (C=O) groups excluding carboxylic acids is 2. The van der Waals surface area contributed by atoms with Crippen molar-refractivity contribution in [1.82, 2.24) is 5.32 Å². The third-order valence-corrected chi connectivity index (χ3v) is 1.26. The van der Waals surface area contributed by atoms with Crippen LogP contribution in [0.2, 0.25) is 0 Å². The number of nitrogens with one attached hydrogen (secondary N) is 1. The topological polar surface area (TPSA) is 46.2 Å². The van der Waals surface area contributed by atoms with Gasteiger partial charge in [-0.15, -0.1) is 0 Å². The van der Waals surface area contributed by atoms with Crippen LogP contribution >= 0.6 is 0 Å². The highest BCUT2D eigenvalue weighted by molar-refractivity contribution is 5.87. The smallest absolute Gasteiger partial charge is 0.229 e. The first-order chi connectivity index (χ1) is 4.22. The van der Waals surface area contributed by atoms with Gasteiger partial charge >= 0.3 is 0 Å². The van der Waals surface area contributed by atoms with Crippen molar-refractivity contribution in [2.24, 2.45) is 5.92 Å².